The maximum Gasteiger partial charge on any atom is 0.127 e. The van der Waals surface area contributed by atoms with Crippen molar-refractivity contribution in [2.24, 2.45) is 0 Å². The summed E-state index contributed by atoms with van der Waals surface area (Å²) in [4.78, 5) is 11.5. The maximum atomic E-state index is 11.5. The Kier molecular flexibility index (Phi) is 6.61. The topological polar surface area (TPSA) is 17.1 Å². The van der Waals surface area contributed by atoms with E-state index in [4.69, 9.17) is 0 Å². The summed E-state index contributed by atoms with van der Waals surface area (Å²) >= 11 is 0. The van der Waals surface area contributed by atoms with Crippen LogP contribution in [0.5, 0.6) is 0 Å². The third-order valence-corrected chi connectivity index (χ3v) is 3.67. The average Bonchev–Trinajstić information content (AvgIpc) is 2.44. The van der Waals surface area contributed by atoms with Gasteiger partial charge >= 0.3 is 0 Å². The van der Waals surface area contributed by atoms with Crippen molar-refractivity contribution in [3.63, 3.8) is 0 Å². The van der Waals surface area contributed by atoms with Gasteiger partial charge in [-0.25, -0.2) is 0 Å². The average molecular weight is 284 g/mol. The number of rotatable bonds is 6. The molecule has 114 valence electrons. The van der Waals surface area contributed by atoms with Crippen LogP contribution in [0.3, 0.4) is 0 Å². The lowest BCUT2D eigenvalue weighted by Gasteiger charge is -2.20. The van der Waals surface area contributed by atoms with Crippen LogP contribution in [-0.4, -0.2) is 6.29 Å². The van der Waals surface area contributed by atoms with E-state index in [0.29, 0.717) is 0 Å². The molecule has 0 saturated carbocycles. The first-order chi connectivity index (χ1) is 9.92. The van der Waals surface area contributed by atoms with E-state index < -0.39 is 0 Å². The Hall–Kier alpha value is -1.63. The monoisotopic (exact) mass is 284 g/mol. The predicted octanol–water partition coefficient (Wildman–Crippen LogP) is 5.57. The van der Waals surface area contributed by atoms with Crippen LogP contribution in [0.2, 0.25) is 0 Å². The molecule has 1 atom stereocenters. The summed E-state index contributed by atoms with van der Waals surface area (Å²) in [7, 11) is 0. The Morgan fingerprint density at radius 1 is 1.19 bits per heavy atom. The fraction of sp³-hybridized carbons (Fsp3) is 0.450. The third kappa shape index (κ3) is 5.34. The highest BCUT2D eigenvalue weighted by molar-refractivity contribution is 5.63. The van der Waals surface area contributed by atoms with Crippen molar-refractivity contribution in [1.29, 1.82) is 0 Å². The molecule has 21 heavy (non-hydrogen) atoms. The standard InChI is InChI=1S/C20H28O/c1-6-8-16(9-7-2)14-18(15-21)17-10-12-19(13-11-17)20(3,4)5/h6,8-13,15,18H,7,14H2,1-5H3/b8-6-,16-9+/t18-/m0/s1. The molecule has 0 fully saturated rings. The number of hydrogen-bond acceptors (Lipinski definition) is 1. The lowest BCUT2D eigenvalue weighted by atomic mass is 9.85. The molecule has 0 amide bonds. The minimum atomic E-state index is -0.0620. The molecule has 0 aliphatic rings. The molecule has 0 saturated heterocycles. The van der Waals surface area contributed by atoms with Gasteiger partial charge in [-0.05, 0) is 36.3 Å². The molecule has 0 bridgehead atoms. The summed E-state index contributed by atoms with van der Waals surface area (Å²) in [5.41, 5.74) is 3.78. The summed E-state index contributed by atoms with van der Waals surface area (Å²) in [6.07, 6.45) is 9.17. The quantitative estimate of drug-likeness (QED) is 0.493. The van der Waals surface area contributed by atoms with Crippen LogP contribution >= 0.6 is 0 Å². The number of carbonyl (C=O) groups excluding carboxylic acids is 1. The van der Waals surface area contributed by atoms with Gasteiger partial charge in [0.1, 0.15) is 6.29 Å². The number of allylic oxidation sites excluding steroid dienone is 4. The van der Waals surface area contributed by atoms with E-state index in [1.165, 1.54) is 11.1 Å². The molecule has 0 aromatic heterocycles. The molecule has 0 spiro atoms. The molecule has 0 heterocycles. The molecule has 1 nitrogen and oxygen atoms in total. The van der Waals surface area contributed by atoms with Crippen LogP contribution in [0.25, 0.3) is 0 Å². The summed E-state index contributed by atoms with van der Waals surface area (Å²) in [5.74, 6) is -0.0620. The first-order valence-corrected chi connectivity index (χ1v) is 7.79. The molecule has 0 unspecified atom stereocenters. The maximum absolute atomic E-state index is 11.5. The lowest BCUT2D eigenvalue weighted by molar-refractivity contribution is -0.109. The zero-order valence-corrected chi connectivity index (χ0v) is 14.0. The lowest BCUT2D eigenvalue weighted by Crippen LogP contribution is -2.11. The molecule has 0 N–H and O–H groups in total. The number of benzene rings is 1. The molecule has 1 rings (SSSR count). The van der Waals surface area contributed by atoms with Crippen molar-refractivity contribution >= 4 is 6.29 Å². The molecule has 1 heteroatoms. The summed E-state index contributed by atoms with van der Waals surface area (Å²) < 4.78 is 0. The third-order valence-electron chi connectivity index (χ3n) is 3.67. The van der Waals surface area contributed by atoms with Crippen molar-refractivity contribution in [2.45, 2.75) is 58.8 Å². The predicted molar refractivity (Wildman–Crippen MR) is 91.8 cm³/mol. The van der Waals surface area contributed by atoms with Gasteiger partial charge in [0.15, 0.2) is 0 Å². The van der Waals surface area contributed by atoms with Crippen LogP contribution in [0.1, 0.15) is 64.5 Å². The van der Waals surface area contributed by atoms with Crippen molar-refractivity contribution in [3.05, 3.63) is 59.2 Å². The molecule has 1 aromatic carbocycles. The van der Waals surface area contributed by atoms with E-state index in [1.807, 2.05) is 13.0 Å². The van der Waals surface area contributed by atoms with Crippen LogP contribution in [0, 0.1) is 0 Å². The van der Waals surface area contributed by atoms with E-state index in [0.717, 1.165) is 24.7 Å². The van der Waals surface area contributed by atoms with E-state index in [9.17, 15) is 4.79 Å². The Balaban J connectivity index is 2.95. The molecular weight excluding hydrogens is 256 g/mol. The molecule has 0 aliphatic carbocycles. The van der Waals surface area contributed by atoms with Crippen molar-refractivity contribution in [3.8, 4) is 0 Å². The highest BCUT2D eigenvalue weighted by atomic mass is 16.1. The minimum absolute atomic E-state index is 0.0620. The van der Waals surface area contributed by atoms with Crippen molar-refractivity contribution < 1.29 is 4.79 Å². The van der Waals surface area contributed by atoms with E-state index in [-0.39, 0.29) is 11.3 Å². The Morgan fingerprint density at radius 3 is 2.24 bits per heavy atom. The van der Waals surface area contributed by atoms with Gasteiger partial charge in [-0.15, -0.1) is 0 Å². The summed E-state index contributed by atoms with van der Waals surface area (Å²) in [5, 5.41) is 0. The second-order valence-corrected chi connectivity index (χ2v) is 6.51. The second-order valence-electron chi connectivity index (χ2n) is 6.51. The smallest absolute Gasteiger partial charge is 0.127 e. The van der Waals surface area contributed by atoms with Gasteiger partial charge in [0.25, 0.3) is 0 Å². The Labute approximate surface area is 129 Å². The zero-order chi connectivity index (χ0) is 15.9. The molecule has 0 radical (unpaired) electrons. The minimum Gasteiger partial charge on any atom is -0.303 e. The fourth-order valence-corrected chi connectivity index (χ4v) is 2.42. The van der Waals surface area contributed by atoms with Gasteiger partial charge < -0.3 is 4.79 Å². The molecule has 0 aliphatic heterocycles. The van der Waals surface area contributed by atoms with E-state index in [1.54, 1.807) is 0 Å². The largest absolute Gasteiger partial charge is 0.303 e. The Morgan fingerprint density at radius 2 is 1.81 bits per heavy atom. The number of carbonyl (C=O) groups is 1. The van der Waals surface area contributed by atoms with Crippen molar-refractivity contribution in [2.75, 3.05) is 0 Å². The summed E-state index contributed by atoms with van der Waals surface area (Å²) in [6.45, 7) is 10.7. The fourth-order valence-electron chi connectivity index (χ4n) is 2.42. The van der Waals surface area contributed by atoms with E-state index >= 15 is 0 Å². The van der Waals surface area contributed by atoms with Gasteiger partial charge in [-0.1, -0.05) is 75.8 Å². The van der Waals surface area contributed by atoms with Gasteiger partial charge in [-0.2, -0.15) is 0 Å². The first-order valence-electron chi connectivity index (χ1n) is 7.79. The SMILES string of the molecule is C/C=C\C(=C/CC)C[C@@H](C=O)c1ccc(C(C)(C)C)cc1. The van der Waals surface area contributed by atoms with Crippen LogP contribution < -0.4 is 0 Å². The molecule has 1 aromatic rings. The van der Waals surface area contributed by atoms with Crippen molar-refractivity contribution in [1.82, 2.24) is 0 Å². The highest BCUT2D eigenvalue weighted by Gasteiger charge is 2.16. The van der Waals surface area contributed by atoms with Gasteiger partial charge in [-0.3, -0.25) is 0 Å². The Bertz CT molecular complexity index is 498. The van der Waals surface area contributed by atoms with Crippen LogP contribution in [0.15, 0.2) is 48.1 Å². The molecular formula is C20H28O. The van der Waals surface area contributed by atoms with Gasteiger partial charge in [0.2, 0.25) is 0 Å². The second kappa shape index (κ2) is 7.97. The summed E-state index contributed by atoms with van der Waals surface area (Å²) in [6, 6.07) is 8.48. The van der Waals surface area contributed by atoms with Gasteiger partial charge in [0, 0.05) is 5.92 Å². The van der Waals surface area contributed by atoms with Gasteiger partial charge in [0.05, 0.1) is 0 Å². The van der Waals surface area contributed by atoms with E-state index in [2.05, 4.69) is 64.1 Å². The number of aldehydes is 1. The normalized spacial score (nSPS) is 14.4. The highest BCUT2D eigenvalue weighted by Crippen LogP contribution is 2.27. The van der Waals surface area contributed by atoms with Crippen LogP contribution in [0.4, 0.5) is 0 Å². The number of hydrogen-bond donors (Lipinski definition) is 0. The first kappa shape index (κ1) is 17.4. The van der Waals surface area contributed by atoms with Crippen LogP contribution in [-0.2, 0) is 10.2 Å². The zero-order valence-electron chi connectivity index (χ0n) is 14.0.